The molecular formula is C21H21ClFN3O. The van der Waals surface area contributed by atoms with Crippen molar-refractivity contribution < 1.29 is 9.50 Å². The van der Waals surface area contributed by atoms with Gasteiger partial charge in [0.15, 0.2) is 0 Å². The minimum Gasteiger partial charge on any atom is -0.392 e. The highest BCUT2D eigenvalue weighted by molar-refractivity contribution is 6.33. The summed E-state index contributed by atoms with van der Waals surface area (Å²) in [5.41, 5.74) is 3.49. The Morgan fingerprint density at radius 2 is 1.93 bits per heavy atom. The summed E-state index contributed by atoms with van der Waals surface area (Å²) < 4.78 is 15.0. The predicted molar refractivity (Wildman–Crippen MR) is 104 cm³/mol. The van der Waals surface area contributed by atoms with Crippen molar-refractivity contribution in [1.82, 2.24) is 14.7 Å². The van der Waals surface area contributed by atoms with E-state index in [9.17, 15) is 9.50 Å². The zero-order chi connectivity index (χ0) is 18.8. The average molecular weight is 386 g/mol. The first kappa shape index (κ1) is 18.2. The van der Waals surface area contributed by atoms with Crippen molar-refractivity contribution in [2.45, 2.75) is 25.5 Å². The fraction of sp³-hybridized carbons (Fsp3) is 0.286. The van der Waals surface area contributed by atoms with Crippen LogP contribution in [-0.4, -0.2) is 39.0 Å². The number of hydrogen-bond acceptors (Lipinski definition) is 3. The van der Waals surface area contributed by atoms with E-state index in [1.807, 2.05) is 30.5 Å². The molecule has 1 atom stereocenters. The summed E-state index contributed by atoms with van der Waals surface area (Å²) in [5, 5.41) is 15.4. The van der Waals surface area contributed by atoms with Crippen LogP contribution < -0.4 is 0 Å². The summed E-state index contributed by atoms with van der Waals surface area (Å²) in [6.45, 7) is 2.28. The Kier molecular flexibility index (Phi) is 5.25. The van der Waals surface area contributed by atoms with E-state index in [-0.39, 0.29) is 11.9 Å². The molecule has 1 saturated heterocycles. The maximum absolute atomic E-state index is 13.3. The number of aliphatic hydroxyl groups excluding tert-OH is 1. The smallest absolute Gasteiger partial charge is 0.123 e. The third-order valence-corrected chi connectivity index (χ3v) is 5.21. The molecule has 0 amide bonds. The Balaban J connectivity index is 1.73. The van der Waals surface area contributed by atoms with Gasteiger partial charge in [-0.2, -0.15) is 5.10 Å². The lowest BCUT2D eigenvalue weighted by molar-refractivity contribution is 0.0669. The molecule has 0 spiro atoms. The van der Waals surface area contributed by atoms with E-state index in [0.29, 0.717) is 18.1 Å². The molecule has 1 aromatic heterocycles. The molecule has 140 valence electrons. The molecule has 2 heterocycles. The van der Waals surface area contributed by atoms with E-state index in [1.54, 1.807) is 16.8 Å². The van der Waals surface area contributed by atoms with Crippen LogP contribution in [0.25, 0.3) is 16.9 Å². The molecule has 1 aliphatic rings. The molecule has 0 bridgehead atoms. The second kappa shape index (κ2) is 7.80. The van der Waals surface area contributed by atoms with Gasteiger partial charge in [0.1, 0.15) is 5.82 Å². The van der Waals surface area contributed by atoms with Crippen molar-refractivity contribution in [1.29, 1.82) is 0 Å². The van der Waals surface area contributed by atoms with Crippen molar-refractivity contribution in [2.75, 3.05) is 13.1 Å². The van der Waals surface area contributed by atoms with Crippen LogP contribution in [0.4, 0.5) is 4.39 Å². The normalized spacial score (nSPS) is 18.0. The summed E-state index contributed by atoms with van der Waals surface area (Å²) in [5.74, 6) is -0.278. The number of piperidine rings is 1. The molecule has 2 aromatic carbocycles. The first-order valence-electron chi connectivity index (χ1n) is 9.10. The van der Waals surface area contributed by atoms with Crippen molar-refractivity contribution in [3.8, 4) is 16.9 Å². The quantitative estimate of drug-likeness (QED) is 0.728. The molecule has 4 nitrogen and oxygen atoms in total. The van der Waals surface area contributed by atoms with E-state index >= 15 is 0 Å². The summed E-state index contributed by atoms with van der Waals surface area (Å²) in [7, 11) is 0. The van der Waals surface area contributed by atoms with Gasteiger partial charge in [-0.05, 0) is 49.7 Å². The zero-order valence-electron chi connectivity index (χ0n) is 14.9. The highest BCUT2D eigenvalue weighted by Crippen LogP contribution is 2.31. The fourth-order valence-corrected chi connectivity index (χ4v) is 3.77. The number of likely N-dealkylation sites (tertiary alicyclic amines) is 1. The first-order chi connectivity index (χ1) is 13.1. The number of rotatable bonds is 4. The van der Waals surface area contributed by atoms with Crippen molar-refractivity contribution in [3.63, 3.8) is 0 Å². The SMILES string of the molecule is O[C@H]1CCCN(Cc2cn(-c3ccc(F)cc3)nc2-c2ccccc2Cl)C1. The van der Waals surface area contributed by atoms with Gasteiger partial charge < -0.3 is 5.11 Å². The van der Waals surface area contributed by atoms with Crippen LogP contribution in [0.1, 0.15) is 18.4 Å². The van der Waals surface area contributed by atoms with Gasteiger partial charge in [0.05, 0.1) is 22.5 Å². The third kappa shape index (κ3) is 4.05. The molecule has 0 saturated carbocycles. The molecule has 1 N–H and O–H groups in total. The maximum atomic E-state index is 13.3. The second-order valence-corrected chi connectivity index (χ2v) is 7.34. The van der Waals surface area contributed by atoms with Crippen molar-refractivity contribution in [2.24, 2.45) is 0 Å². The summed E-state index contributed by atoms with van der Waals surface area (Å²) >= 11 is 6.42. The molecule has 1 fully saturated rings. The second-order valence-electron chi connectivity index (χ2n) is 6.93. The van der Waals surface area contributed by atoms with Crippen LogP contribution in [0, 0.1) is 5.82 Å². The monoisotopic (exact) mass is 385 g/mol. The highest BCUT2D eigenvalue weighted by atomic mass is 35.5. The topological polar surface area (TPSA) is 41.3 Å². The number of β-amino-alcohol motifs (C(OH)–C–C–N with tert-alkyl or cyclic N) is 1. The lowest BCUT2D eigenvalue weighted by Crippen LogP contribution is -2.37. The molecular weight excluding hydrogens is 365 g/mol. The molecule has 0 unspecified atom stereocenters. The minimum atomic E-state index is -0.283. The molecule has 6 heteroatoms. The summed E-state index contributed by atoms with van der Waals surface area (Å²) in [6, 6.07) is 13.9. The predicted octanol–water partition coefficient (Wildman–Crippen LogP) is 4.29. The van der Waals surface area contributed by atoms with E-state index in [0.717, 1.165) is 41.9 Å². The van der Waals surface area contributed by atoms with Crippen LogP contribution in [0.15, 0.2) is 54.7 Å². The number of nitrogens with zero attached hydrogens (tertiary/aromatic N) is 3. The Bertz CT molecular complexity index is 925. The van der Waals surface area contributed by atoms with E-state index in [1.165, 1.54) is 12.1 Å². The van der Waals surface area contributed by atoms with Crippen LogP contribution in [-0.2, 0) is 6.54 Å². The van der Waals surface area contributed by atoms with Crippen molar-refractivity contribution >= 4 is 11.6 Å². The highest BCUT2D eigenvalue weighted by Gasteiger charge is 2.21. The molecule has 1 aliphatic heterocycles. The number of hydrogen-bond donors (Lipinski definition) is 1. The number of halogens is 2. The lowest BCUT2D eigenvalue weighted by Gasteiger charge is -2.29. The lowest BCUT2D eigenvalue weighted by atomic mass is 10.1. The van der Waals surface area contributed by atoms with Crippen molar-refractivity contribution in [3.05, 3.63) is 71.1 Å². The van der Waals surface area contributed by atoms with Gasteiger partial charge >= 0.3 is 0 Å². The van der Waals surface area contributed by atoms with Crippen LogP contribution >= 0.6 is 11.6 Å². The van der Waals surface area contributed by atoms with Crippen LogP contribution in [0.3, 0.4) is 0 Å². The van der Waals surface area contributed by atoms with Gasteiger partial charge in [0, 0.05) is 30.4 Å². The van der Waals surface area contributed by atoms with Gasteiger partial charge in [-0.15, -0.1) is 0 Å². The molecule has 0 radical (unpaired) electrons. The summed E-state index contributed by atoms with van der Waals surface area (Å²) in [4.78, 5) is 2.24. The Morgan fingerprint density at radius 1 is 1.15 bits per heavy atom. The Morgan fingerprint density at radius 3 is 2.67 bits per heavy atom. The molecule has 3 aromatic rings. The number of aliphatic hydroxyl groups is 1. The maximum Gasteiger partial charge on any atom is 0.123 e. The van der Waals surface area contributed by atoms with Crippen LogP contribution in [0.2, 0.25) is 5.02 Å². The first-order valence-corrected chi connectivity index (χ1v) is 9.48. The van der Waals surface area contributed by atoms with Gasteiger partial charge in [0.25, 0.3) is 0 Å². The van der Waals surface area contributed by atoms with E-state index < -0.39 is 0 Å². The largest absolute Gasteiger partial charge is 0.392 e. The standard InChI is InChI=1S/C21H21ClFN3O/c22-20-6-2-1-5-19(20)21-15(12-25-11-3-4-18(27)14-25)13-26(24-21)17-9-7-16(23)8-10-17/h1-2,5-10,13,18,27H,3-4,11-12,14H2/t18-/m0/s1. The van der Waals surface area contributed by atoms with E-state index in [2.05, 4.69) is 4.90 Å². The van der Waals surface area contributed by atoms with Gasteiger partial charge in [0.2, 0.25) is 0 Å². The van der Waals surface area contributed by atoms with Crippen LogP contribution in [0.5, 0.6) is 0 Å². The summed E-state index contributed by atoms with van der Waals surface area (Å²) in [6.07, 6.45) is 3.51. The van der Waals surface area contributed by atoms with E-state index in [4.69, 9.17) is 16.7 Å². The van der Waals surface area contributed by atoms with Gasteiger partial charge in [-0.25, -0.2) is 9.07 Å². The Labute approximate surface area is 162 Å². The van der Waals surface area contributed by atoms with Gasteiger partial charge in [-0.3, -0.25) is 4.90 Å². The molecule has 4 rings (SSSR count). The average Bonchev–Trinajstić information content (AvgIpc) is 3.06. The third-order valence-electron chi connectivity index (χ3n) is 4.88. The molecule has 0 aliphatic carbocycles. The molecule has 27 heavy (non-hydrogen) atoms. The number of aromatic nitrogens is 2. The minimum absolute atomic E-state index is 0.278. The number of benzene rings is 2. The van der Waals surface area contributed by atoms with Gasteiger partial charge in [-0.1, -0.05) is 29.8 Å². The zero-order valence-corrected chi connectivity index (χ0v) is 15.6. The Hall–Kier alpha value is -2.21. The fourth-order valence-electron chi connectivity index (χ4n) is 3.55.